The number of rotatable bonds is 7. The highest BCUT2D eigenvalue weighted by Crippen LogP contribution is 2.30. The summed E-state index contributed by atoms with van der Waals surface area (Å²) in [5.74, 6) is 0.0276. The smallest absolute Gasteiger partial charge is 0.336 e. The van der Waals surface area contributed by atoms with E-state index in [4.69, 9.17) is 9.47 Å². The summed E-state index contributed by atoms with van der Waals surface area (Å²) >= 11 is 0. The first kappa shape index (κ1) is 21.9. The number of carbonyl (C=O) groups excluding carboxylic acids is 1. The lowest BCUT2D eigenvalue weighted by Gasteiger charge is -2.08. The topological polar surface area (TPSA) is 77.8 Å². The van der Waals surface area contributed by atoms with Gasteiger partial charge in [0, 0.05) is 24.1 Å². The number of hydrogen-bond donors (Lipinski definition) is 1. The SMILES string of the molecule is COc1ccc(/C(=C/c2cn(C(C)=O)c3ccc(OCc4ccccc4)cc23)C(=O)O)cc1. The Hall–Kier alpha value is -4.32. The molecular formula is C27H23NO5. The molecule has 6 heteroatoms. The Labute approximate surface area is 191 Å². The molecule has 0 bridgehead atoms. The van der Waals surface area contributed by atoms with Gasteiger partial charge in [0.1, 0.15) is 18.1 Å². The molecule has 33 heavy (non-hydrogen) atoms. The van der Waals surface area contributed by atoms with E-state index in [1.165, 1.54) is 11.5 Å². The average Bonchev–Trinajstić information content (AvgIpc) is 3.20. The maximum atomic E-state index is 12.2. The molecule has 3 aromatic carbocycles. The molecule has 1 aromatic heterocycles. The summed E-state index contributed by atoms with van der Waals surface area (Å²) in [4.78, 5) is 24.3. The van der Waals surface area contributed by atoms with Crippen molar-refractivity contribution in [2.45, 2.75) is 13.5 Å². The van der Waals surface area contributed by atoms with Crippen LogP contribution in [0.3, 0.4) is 0 Å². The van der Waals surface area contributed by atoms with Crippen LogP contribution in [-0.2, 0) is 11.4 Å². The van der Waals surface area contributed by atoms with Crippen LogP contribution in [0.15, 0.2) is 79.0 Å². The number of ether oxygens (including phenoxy) is 2. The maximum absolute atomic E-state index is 12.2. The second-order valence-corrected chi connectivity index (χ2v) is 7.52. The van der Waals surface area contributed by atoms with Gasteiger partial charge in [-0.3, -0.25) is 9.36 Å². The molecule has 0 aliphatic carbocycles. The summed E-state index contributed by atoms with van der Waals surface area (Å²) < 4.78 is 12.6. The first-order valence-electron chi connectivity index (χ1n) is 10.4. The first-order chi connectivity index (χ1) is 16.0. The molecule has 1 N–H and O–H groups in total. The molecule has 0 saturated heterocycles. The van der Waals surface area contributed by atoms with Crippen molar-refractivity contribution in [3.63, 3.8) is 0 Å². The van der Waals surface area contributed by atoms with Gasteiger partial charge in [0.05, 0.1) is 18.2 Å². The van der Waals surface area contributed by atoms with Gasteiger partial charge in [-0.15, -0.1) is 0 Å². The van der Waals surface area contributed by atoms with Crippen LogP contribution < -0.4 is 9.47 Å². The fourth-order valence-electron chi connectivity index (χ4n) is 3.64. The Morgan fingerprint density at radius 3 is 2.30 bits per heavy atom. The van der Waals surface area contributed by atoms with Crippen molar-refractivity contribution in [1.29, 1.82) is 0 Å². The molecule has 1 heterocycles. The Morgan fingerprint density at radius 1 is 0.970 bits per heavy atom. The molecule has 0 fully saturated rings. The van der Waals surface area contributed by atoms with Crippen LogP contribution in [0.4, 0.5) is 0 Å². The number of fused-ring (bicyclic) bond motifs is 1. The van der Waals surface area contributed by atoms with E-state index < -0.39 is 5.97 Å². The van der Waals surface area contributed by atoms with Crippen molar-refractivity contribution < 1.29 is 24.2 Å². The summed E-state index contributed by atoms with van der Waals surface area (Å²) in [6.07, 6.45) is 3.23. The van der Waals surface area contributed by atoms with Crippen molar-refractivity contribution in [1.82, 2.24) is 4.57 Å². The minimum Gasteiger partial charge on any atom is -0.497 e. The molecule has 0 saturated carbocycles. The molecule has 0 spiro atoms. The molecule has 0 unspecified atom stereocenters. The Kier molecular flexibility index (Phi) is 6.26. The molecule has 0 aliphatic heterocycles. The Balaban J connectivity index is 1.76. The number of nitrogens with zero attached hydrogens (tertiary/aromatic N) is 1. The van der Waals surface area contributed by atoms with Crippen molar-refractivity contribution in [2.75, 3.05) is 7.11 Å². The van der Waals surface area contributed by atoms with Crippen molar-refractivity contribution >= 4 is 34.4 Å². The molecule has 166 valence electrons. The standard InChI is InChI=1S/C27H23NO5/c1-18(29)28-16-21(14-25(27(30)31)20-8-10-22(32-2)11-9-20)24-15-23(12-13-26(24)28)33-17-19-6-4-3-5-7-19/h3-16H,17H2,1-2H3,(H,30,31)/b25-14-. The highest BCUT2D eigenvalue weighted by molar-refractivity contribution is 6.21. The highest BCUT2D eigenvalue weighted by Gasteiger charge is 2.16. The normalized spacial score (nSPS) is 11.4. The zero-order valence-electron chi connectivity index (χ0n) is 18.3. The summed E-state index contributed by atoms with van der Waals surface area (Å²) in [6.45, 7) is 1.87. The van der Waals surface area contributed by atoms with Gasteiger partial charge in [-0.05, 0) is 47.5 Å². The largest absolute Gasteiger partial charge is 0.497 e. The van der Waals surface area contributed by atoms with E-state index in [1.54, 1.807) is 49.7 Å². The third-order valence-electron chi connectivity index (χ3n) is 5.33. The lowest BCUT2D eigenvalue weighted by molar-refractivity contribution is -0.130. The zero-order valence-corrected chi connectivity index (χ0v) is 18.3. The average molecular weight is 441 g/mol. The van der Waals surface area contributed by atoms with Gasteiger partial charge in [0.15, 0.2) is 0 Å². The number of carboxylic acids is 1. The fourth-order valence-corrected chi connectivity index (χ4v) is 3.64. The van der Waals surface area contributed by atoms with Gasteiger partial charge in [-0.25, -0.2) is 4.79 Å². The van der Waals surface area contributed by atoms with Gasteiger partial charge in [-0.1, -0.05) is 42.5 Å². The monoisotopic (exact) mass is 441 g/mol. The number of carboxylic acid groups (broad SMARTS) is 1. The zero-order chi connectivity index (χ0) is 23.4. The molecular weight excluding hydrogens is 418 g/mol. The summed E-state index contributed by atoms with van der Waals surface area (Å²) in [5, 5.41) is 10.6. The number of benzene rings is 3. The van der Waals surface area contributed by atoms with Crippen LogP contribution >= 0.6 is 0 Å². The lowest BCUT2D eigenvalue weighted by Crippen LogP contribution is -2.03. The van der Waals surface area contributed by atoms with Crippen molar-refractivity contribution in [2.24, 2.45) is 0 Å². The van der Waals surface area contributed by atoms with E-state index in [0.717, 1.165) is 10.9 Å². The van der Waals surface area contributed by atoms with E-state index >= 15 is 0 Å². The minimum atomic E-state index is -1.07. The van der Waals surface area contributed by atoms with Crippen LogP contribution in [0.2, 0.25) is 0 Å². The van der Waals surface area contributed by atoms with Gasteiger partial charge in [0.2, 0.25) is 5.91 Å². The van der Waals surface area contributed by atoms with E-state index in [0.29, 0.717) is 34.7 Å². The molecule has 6 nitrogen and oxygen atoms in total. The Bertz CT molecular complexity index is 1330. The number of methoxy groups -OCH3 is 1. The van der Waals surface area contributed by atoms with Gasteiger partial charge >= 0.3 is 5.97 Å². The summed E-state index contributed by atoms with van der Waals surface area (Å²) in [6, 6.07) is 22.0. The maximum Gasteiger partial charge on any atom is 0.336 e. The predicted molar refractivity (Wildman–Crippen MR) is 128 cm³/mol. The number of aliphatic carboxylic acids is 1. The van der Waals surface area contributed by atoms with Crippen molar-refractivity contribution in [3.05, 3.63) is 95.7 Å². The predicted octanol–water partition coefficient (Wildman–Crippen LogP) is 5.51. The van der Waals surface area contributed by atoms with E-state index in [9.17, 15) is 14.7 Å². The van der Waals surface area contributed by atoms with Crippen LogP contribution in [-0.4, -0.2) is 28.7 Å². The second-order valence-electron chi connectivity index (χ2n) is 7.52. The van der Waals surface area contributed by atoms with Gasteiger partial charge in [0.25, 0.3) is 0 Å². The van der Waals surface area contributed by atoms with Gasteiger partial charge in [-0.2, -0.15) is 0 Å². The van der Waals surface area contributed by atoms with Crippen LogP contribution in [0.5, 0.6) is 11.5 Å². The molecule has 0 amide bonds. The van der Waals surface area contributed by atoms with E-state index in [2.05, 4.69) is 0 Å². The first-order valence-corrected chi connectivity index (χ1v) is 10.4. The molecule has 4 aromatic rings. The number of hydrogen-bond acceptors (Lipinski definition) is 4. The quantitative estimate of drug-likeness (QED) is 0.383. The second kappa shape index (κ2) is 9.44. The van der Waals surface area contributed by atoms with Gasteiger partial charge < -0.3 is 14.6 Å². The highest BCUT2D eigenvalue weighted by atomic mass is 16.5. The van der Waals surface area contributed by atoms with Crippen LogP contribution in [0, 0.1) is 0 Å². The number of carbonyl (C=O) groups is 2. The molecule has 0 radical (unpaired) electrons. The fraction of sp³-hybridized carbons (Fsp3) is 0.111. The third kappa shape index (κ3) is 4.80. The lowest BCUT2D eigenvalue weighted by atomic mass is 10.0. The van der Waals surface area contributed by atoms with Crippen molar-refractivity contribution in [3.8, 4) is 11.5 Å². The molecule has 0 aliphatic rings. The van der Waals surface area contributed by atoms with Crippen LogP contribution in [0.25, 0.3) is 22.6 Å². The molecule has 4 rings (SSSR count). The van der Waals surface area contributed by atoms with Crippen LogP contribution in [0.1, 0.15) is 28.4 Å². The number of aromatic nitrogens is 1. The Morgan fingerprint density at radius 2 is 1.67 bits per heavy atom. The summed E-state index contributed by atoms with van der Waals surface area (Å²) in [5.41, 5.74) is 2.96. The summed E-state index contributed by atoms with van der Waals surface area (Å²) in [7, 11) is 1.55. The minimum absolute atomic E-state index is 0.107. The van der Waals surface area contributed by atoms with E-state index in [1.807, 2.05) is 42.5 Å². The van der Waals surface area contributed by atoms with E-state index in [-0.39, 0.29) is 11.5 Å². The molecule has 0 atom stereocenters. The third-order valence-corrected chi connectivity index (χ3v) is 5.33.